The molecule has 0 aliphatic heterocycles. The molecule has 1 atom stereocenters. The van der Waals surface area contributed by atoms with Crippen LogP contribution in [0.5, 0.6) is 0 Å². The Morgan fingerprint density at radius 2 is 2.12 bits per heavy atom. The second-order valence-corrected chi connectivity index (χ2v) is 5.18. The van der Waals surface area contributed by atoms with Gasteiger partial charge in [0.2, 0.25) is 0 Å². The van der Waals surface area contributed by atoms with Gasteiger partial charge in [-0.15, -0.1) is 0 Å². The molecule has 3 nitrogen and oxygen atoms in total. The lowest BCUT2D eigenvalue weighted by molar-refractivity contribution is -0.152. The van der Waals surface area contributed by atoms with Crippen molar-refractivity contribution < 1.29 is 13.9 Å². The van der Waals surface area contributed by atoms with Crippen molar-refractivity contribution in [3.63, 3.8) is 0 Å². The first-order valence-electron chi connectivity index (χ1n) is 5.10. The molecule has 0 unspecified atom stereocenters. The van der Waals surface area contributed by atoms with E-state index >= 15 is 0 Å². The molecule has 5 heteroatoms. The molecule has 0 spiro atoms. The Kier molecular flexibility index (Phi) is 4.27. The fraction of sp³-hybridized carbons (Fsp3) is 0.417. The standard InChI is InChI=1S/C12H15BrFNO2/c1-12(2,11(16)17-3)10(15)9-7(13)5-4-6-8(9)14/h4-6,10H,15H2,1-3H3/t10-/m0/s1. The molecule has 1 aromatic carbocycles. The van der Waals surface area contributed by atoms with Crippen molar-refractivity contribution in [2.75, 3.05) is 7.11 Å². The molecular formula is C12H15BrFNO2. The third-order valence-electron chi connectivity index (χ3n) is 2.80. The Balaban J connectivity index is 3.21. The molecular weight excluding hydrogens is 289 g/mol. The van der Waals surface area contributed by atoms with E-state index in [1.165, 1.54) is 13.2 Å². The van der Waals surface area contributed by atoms with Gasteiger partial charge >= 0.3 is 5.97 Å². The van der Waals surface area contributed by atoms with Gasteiger partial charge in [-0.3, -0.25) is 4.79 Å². The Morgan fingerprint density at radius 1 is 1.53 bits per heavy atom. The van der Waals surface area contributed by atoms with E-state index in [0.717, 1.165) is 0 Å². The fourth-order valence-corrected chi connectivity index (χ4v) is 2.15. The van der Waals surface area contributed by atoms with Crippen molar-refractivity contribution in [3.05, 3.63) is 34.1 Å². The number of ether oxygens (including phenoxy) is 1. The predicted molar refractivity (Wildman–Crippen MR) is 66.8 cm³/mol. The van der Waals surface area contributed by atoms with E-state index in [4.69, 9.17) is 5.73 Å². The topological polar surface area (TPSA) is 52.3 Å². The summed E-state index contributed by atoms with van der Waals surface area (Å²) in [6.45, 7) is 3.25. The molecule has 0 saturated heterocycles. The summed E-state index contributed by atoms with van der Waals surface area (Å²) < 4.78 is 19.0. The van der Waals surface area contributed by atoms with Crippen LogP contribution in [0.15, 0.2) is 22.7 Å². The van der Waals surface area contributed by atoms with Crippen molar-refractivity contribution in [1.29, 1.82) is 0 Å². The highest BCUT2D eigenvalue weighted by atomic mass is 79.9. The summed E-state index contributed by atoms with van der Waals surface area (Å²) in [6, 6.07) is 3.78. The molecule has 1 aromatic rings. The van der Waals surface area contributed by atoms with E-state index in [1.54, 1.807) is 26.0 Å². The van der Waals surface area contributed by atoms with Crippen LogP contribution in [-0.2, 0) is 9.53 Å². The zero-order chi connectivity index (χ0) is 13.2. The average Bonchev–Trinajstić information content (AvgIpc) is 2.27. The molecule has 0 aliphatic carbocycles. The van der Waals surface area contributed by atoms with E-state index < -0.39 is 23.2 Å². The molecule has 0 aromatic heterocycles. The summed E-state index contributed by atoms with van der Waals surface area (Å²) in [6.07, 6.45) is 0. The minimum absolute atomic E-state index is 0.280. The summed E-state index contributed by atoms with van der Waals surface area (Å²) in [5, 5.41) is 0. The molecule has 2 N–H and O–H groups in total. The first kappa shape index (κ1) is 14.1. The molecule has 0 radical (unpaired) electrons. The maximum absolute atomic E-state index is 13.7. The highest BCUT2D eigenvalue weighted by Gasteiger charge is 2.38. The minimum atomic E-state index is -1.00. The van der Waals surface area contributed by atoms with E-state index in [2.05, 4.69) is 20.7 Å². The molecule has 94 valence electrons. The van der Waals surface area contributed by atoms with E-state index in [1.807, 2.05) is 0 Å². The van der Waals surface area contributed by atoms with Crippen molar-refractivity contribution >= 4 is 21.9 Å². The zero-order valence-electron chi connectivity index (χ0n) is 9.96. The maximum atomic E-state index is 13.7. The number of rotatable bonds is 3. The van der Waals surface area contributed by atoms with Crippen LogP contribution in [-0.4, -0.2) is 13.1 Å². The average molecular weight is 304 g/mol. The normalized spacial score (nSPS) is 13.3. The number of nitrogens with two attached hydrogens (primary N) is 1. The number of esters is 1. The van der Waals surface area contributed by atoms with Gasteiger partial charge in [0.15, 0.2) is 0 Å². The maximum Gasteiger partial charge on any atom is 0.313 e. The summed E-state index contributed by atoms with van der Waals surface area (Å²) >= 11 is 3.24. The monoisotopic (exact) mass is 303 g/mol. The Labute approximate surface area is 108 Å². The molecule has 0 fully saturated rings. The molecule has 0 aliphatic rings. The SMILES string of the molecule is COC(=O)C(C)(C)[C@@H](N)c1c(F)cccc1Br. The number of carbonyl (C=O) groups is 1. The van der Waals surface area contributed by atoms with E-state index in [-0.39, 0.29) is 5.56 Å². The number of methoxy groups -OCH3 is 1. The number of hydrogen-bond acceptors (Lipinski definition) is 3. The summed E-state index contributed by atoms with van der Waals surface area (Å²) in [5.41, 5.74) is 5.26. The van der Waals surface area contributed by atoms with Gasteiger partial charge in [-0.1, -0.05) is 22.0 Å². The Bertz CT molecular complexity index is 414. The van der Waals surface area contributed by atoms with Crippen LogP contribution in [0.3, 0.4) is 0 Å². The highest BCUT2D eigenvalue weighted by Crippen LogP contribution is 2.37. The second-order valence-electron chi connectivity index (χ2n) is 4.33. The Hall–Kier alpha value is -0.940. The smallest absolute Gasteiger partial charge is 0.313 e. The molecule has 0 heterocycles. The van der Waals surface area contributed by atoms with E-state index in [0.29, 0.717) is 4.47 Å². The molecule has 1 rings (SSSR count). The van der Waals surface area contributed by atoms with Gasteiger partial charge in [-0.05, 0) is 26.0 Å². The van der Waals surface area contributed by atoms with Gasteiger partial charge in [0, 0.05) is 16.1 Å². The van der Waals surface area contributed by atoms with E-state index in [9.17, 15) is 9.18 Å². The van der Waals surface area contributed by atoms with Crippen LogP contribution in [0.25, 0.3) is 0 Å². The summed E-state index contributed by atoms with van der Waals surface area (Å²) in [7, 11) is 1.28. The lowest BCUT2D eigenvalue weighted by Crippen LogP contribution is -2.38. The van der Waals surface area contributed by atoms with Crippen molar-refractivity contribution in [2.45, 2.75) is 19.9 Å². The lowest BCUT2D eigenvalue weighted by atomic mass is 9.81. The van der Waals surface area contributed by atoms with Gasteiger partial charge in [0.25, 0.3) is 0 Å². The minimum Gasteiger partial charge on any atom is -0.469 e. The number of benzene rings is 1. The molecule has 17 heavy (non-hydrogen) atoms. The molecule has 0 saturated carbocycles. The van der Waals surface area contributed by atoms with Crippen LogP contribution >= 0.6 is 15.9 Å². The molecule has 0 amide bonds. The Morgan fingerprint density at radius 3 is 2.59 bits per heavy atom. The first-order chi connectivity index (χ1) is 7.82. The molecule has 0 bridgehead atoms. The van der Waals surface area contributed by atoms with Crippen LogP contribution in [0, 0.1) is 11.2 Å². The van der Waals surface area contributed by atoms with Crippen molar-refractivity contribution in [3.8, 4) is 0 Å². The van der Waals surface area contributed by atoms with Crippen LogP contribution < -0.4 is 5.73 Å². The van der Waals surface area contributed by atoms with Crippen LogP contribution in [0.4, 0.5) is 4.39 Å². The van der Waals surface area contributed by atoms with Gasteiger partial charge in [-0.25, -0.2) is 4.39 Å². The first-order valence-corrected chi connectivity index (χ1v) is 5.89. The van der Waals surface area contributed by atoms with Gasteiger partial charge in [0.05, 0.1) is 12.5 Å². The number of hydrogen-bond donors (Lipinski definition) is 1. The predicted octanol–water partition coefficient (Wildman–Crippen LogP) is 2.79. The van der Waals surface area contributed by atoms with Gasteiger partial charge < -0.3 is 10.5 Å². The largest absolute Gasteiger partial charge is 0.469 e. The summed E-state index contributed by atoms with van der Waals surface area (Å²) in [4.78, 5) is 11.6. The van der Waals surface area contributed by atoms with Crippen molar-refractivity contribution in [1.82, 2.24) is 0 Å². The third-order valence-corrected chi connectivity index (χ3v) is 3.49. The zero-order valence-corrected chi connectivity index (χ0v) is 11.5. The number of halogens is 2. The van der Waals surface area contributed by atoms with Gasteiger partial charge in [-0.2, -0.15) is 0 Å². The second kappa shape index (κ2) is 5.14. The van der Waals surface area contributed by atoms with Crippen molar-refractivity contribution in [2.24, 2.45) is 11.1 Å². The summed E-state index contributed by atoms with van der Waals surface area (Å²) in [5.74, 6) is -0.913. The number of carbonyl (C=O) groups excluding carboxylic acids is 1. The fourth-order valence-electron chi connectivity index (χ4n) is 1.56. The third kappa shape index (κ3) is 2.66. The lowest BCUT2D eigenvalue weighted by Gasteiger charge is -2.29. The van der Waals surface area contributed by atoms with Gasteiger partial charge in [0.1, 0.15) is 5.82 Å². The highest BCUT2D eigenvalue weighted by molar-refractivity contribution is 9.10. The quantitative estimate of drug-likeness (QED) is 0.874. The van der Waals surface area contributed by atoms with Crippen LogP contribution in [0.1, 0.15) is 25.5 Å². The van der Waals surface area contributed by atoms with Crippen LogP contribution in [0.2, 0.25) is 0 Å².